The summed E-state index contributed by atoms with van der Waals surface area (Å²) in [7, 11) is 0. The minimum Gasteiger partial charge on any atom is -0.471 e. The molecule has 3 aliphatic heterocycles. The van der Waals surface area contributed by atoms with Crippen LogP contribution in [-0.2, 0) is 33.3 Å². The lowest BCUT2D eigenvalue weighted by Crippen LogP contribution is -2.60. The highest BCUT2D eigenvalue weighted by Gasteiger charge is 2.56. The molecule has 11 nitrogen and oxygen atoms in total. The molecule has 0 spiro atoms. The SMILES string of the molecule is CC(=O)OCC1=C[C@@H]2OC(=O)C3=CO[C@@H](O[C@@H]4O[C@H](CO)[C@@H](O)[C@H](O)[C@H]4O)[C@H]1[C@@H]32. The highest BCUT2D eigenvalue weighted by atomic mass is 16.8. The maximum atomic E-state index is 12.0. The summed E-state index contributed by atoms with van der Waals surface area (Å²) < 4.78 is 27.0. The zero-order valence-electron chi connectivity index (χ0n) is 15.4. The molecule has 9 atom stereocenters. The average molecular weight is 414 g/mol. The number of aliphatic hydroxyl groups is 4. The van der Waals surface area contributed by atoms with Crippen LogP contribution in [0.2, 0.25) is 0 Å². The van der Waals surface area contributed by atoms with Gasteiger partial charge in [0.1, 0.15) is 37.1 Å². The summed E-state index contributed by atoms with van der Waals surface area (Å²) in [5.41, 5.74) is 0.936. The van der Waals surface area contributed by atoms with Gasteiger partial charge in [-0.25, -0.2) is 4.79 Å². The van der Waals surface area contributed by atoms with Crippen molar-refractivity contribution in [2.24, 2.45) is 11.8 Å². The highest BCUT2D eigenvalue weighted by Crippen LogP contribution is 2.49. The van der Waals surface area contributed by atoms with Crippen molar-refractivity contribution in [3.05, 3.63) is 23.5 Å². The second kappa shape index (κ2) is 7.67. The number of esters is 2. The first-order chi connectivity index (χ1) is 13.8. The minimum absolute atomic E-state index is 0.0598. The van der Waals surface area contributed by atoms with Crippen LogP contribution in [0.5, 0.6) is 0 Å². The first kappa shape index (κ1) is 20.3. The summed E-state index contributed by atoms with van der Waals surface area (Å²) in [6.07, 6.45) is -6.03. The second-order valence-corrected chi connectivity index (χ2v) is 7.35. The van der Waals surface area contributed by atoms with Gasteiger partial charge in [0.15, 0.2) is 6.29 Å². The lowest BCUT2D eigenvalue weighted by atomic mass is 9.84. The van der Waals surface area contributed by atoms with Crippen molar-refractivity contribution < 1.29 is 53.7 Å². The van der Waals surface area contributed by atoms with Crippen molar-refractivity contribution in [3.63, 3.8) is 0 Å². The average Bonchev–Trinajstić information content (AvgIpc) is 3.20. The third kappa shape index (κ3) is 3.43. The molecule has 0 unspecified atom stereocenters. The Hall–Kier alpha value is -2.02. The van der Waals surface area contributed by atoms with Crippen LogP contribution in [0.4, 0.5) is 0 Å². The summed E-state index contributed by atoms with van der Waals surface area (Å²) in [6, 6.07) is 0. The molecule has 0 amide bonds. The highest BCUT2D eigenvalue weighted by molar-refractivity contribution is 5.92. The lowest BCUT2D eigenvalue weighted by Gasteiger charge is -2.42. The van der Waals surface area contributed by atoms with Crippen molar-refractivity contribution in [2.75, 3.05) is 13.2 Å². The normalized spacial score (nSPS) is 43.1. The van der Waals surface area contributed by atoms with Crippen molar-refractivity contribution in [3.8, 4) is 0 Å². The van der Waals surface area contributed by atoms with E-state index in [4.69, 9.17) is 23.7 Å². The van der Waals surface area contributed by atoms with Gasteiger partial charge in [-0.1, -0.05) is 0 Å². The molecule has 2 fully saturated rings. The number of carbonyl (C=O) groups excluding carboxylic acids is 2. The second-order valence-electron chi connectivity index (χ2n) is 7.35. The zero-order valence-corrected chi connectivity index (χ0v) is 15.4. The van der Waals surface area contributed by atoms with Crippen molar-refractivity contribution in [1.29, 1.82) is 0 Å². The van der Waals surface area contributed by atoms with E-state index in [0.717, 1.165) is 0 Å². The molecule has 160 valence electrons. The predicted molar refractivity (Wildman–Crippen MR) is 89.4 cm³/mol. The molecule has 4 N–H and O–H groups in total. The van der Waals surface area contributed by atoms with Crippen LogP contribution >= 0.6 is 0 Å². The Morgan fingerprint density at radius 2 is 1.90 bits per heavy atom. The molecular formula is C18H22O11. The topological polar surface area (TPSA) is 161 Å². The Balaban J connectivity index is 1.56. The maximum absolute atomic E-state index is 12.0. The summed E-state index contributed by atoms with van der Waals surface area (Å²) in [6.45, 7) is 0.602. The van der Waals surface area contributed by atoms with Crippen molar-refractivity contribution in [2.45, 2.75) is 50.0 Å². The van der Waals surface area contributed by atoms with Gasteiger partial charge in [0.05, 0.1) is 24.4 Å². The number of hydrogen-bond donors (Lipinski definition) is 4. The van der Waals surface area contributed by atoms with Gasteiger partial charge in [-0.2, -0.15) is 0 Å². The monoisotopic (exact) mass is 414 g/mol. The quantitative estimate of drug-likeness (QED) is 0.283. The molecule has 29 heavy (non-hydrogen) atoms. The van der Waals surface area contributed by atoms with Gasteiger partial charge in [0.25, 0.3) is 0 Å². The molecule has 0 saturated carbocycles. The molecule has 0 aromatic rings. The Bertz CT molecular complexity index is 744. The van der Waals surface area contributed by atoms with Crippen LogP contribution in [0.15, 0.2) is 23.5 Å². The van der Waals surface area contributed by atoms with Gasteiger partial charge in [0, 0.05) is 12.8 Å². The molecule has 0 bridgehead atoms. The molecule has 3 heterocycles. The van der Waals surface area contributed by atoms with Crippen molar-refractivity contribution in [1.82, 2.24) is 0 Å². The maximum Gasteiger partial charge on any atom is 0.338 e. The van der Waals surface area contributed by atoms with Gasteiger partial charge in [-0.05, 0) is 11.6 Å². The molecule has 4 rings (SSSR count). The first-order valence-electron chi connectivity index (χ1n) is 9.18. The van der Waals surface area contributed by atoms with E-state index in [2.05, 4.69) is 0 Å². The largest absolute Gasteiger partial charge is 0.471 e. The number of ether oxygens (including phenoxy) is 5. The van der Waals surface area contributed by atoms with Crippen LogP contribution in [0.25, 0.3) is 0 Å². The minimum atomic E-state index is -1.61. The fourth-order valence-electron chi connectivity index (χ4n) is 4.12. The van der Waals surface area contributed by atoms with Gasteiger partial charge < -0.3 is 44.1 Å². The van der Waals surface area contributed by atoms with Gasteiger partial charge in [-0.15, -0.1) is 0 Å². The van der Waals surface area contributed by atoms with Crippen LogP contribution in [0.3, 0.4) is 0 Å². The zero-order chi connectivity index (χ0) is 20.9. The Morgan fingerprint density at radius 3 is 2.59 bits per heavy atom. The molecule has 2 saturated heterocycles. The summed E-state index contributed by atoms with van der Waals surface area (Å²) in [5, 5.41) is 39.4. The van der Waals surface area contributed by atoms with Crippen LogP contribution < -0.4 is 0 Å². The lowest BCUT2D eigenvalue weighted by molar-refractivity contribution is -0.339. The van der Waals surface area contributed by atoms with E-state index < -0.39 is 73.5 Å². The fraction of sp³-hybridized carbons (Fsp3) is 0.667. The number of hydrogen-bond acceptors (Lipinski definition) is 11. The fourth-order valence-corrected chi connectivity index (χ4v) is 4.12. The van der Waals surface area contributed by atoms with Crippen LogP contribution in [0.1, 0.15) is 6.92 Å². The third-order valence-corrected chi connectivity index (χ3v) is 5.57. The van der Waals surface area contributed by atoms with E-state index in [1.54, 1.807) is 6.08 Å². The number of rotatable bonds is 5. The van der Waals surface area contributed by atoms with E-state index in [9.17, 15) is 30.0 Å². The Kier molecular flexibility index (Phi) is 5.36. The summed E-state index contributed by atoms with van der Waals surface area (Å²) in [4.78, 5) is 23.2. The standard InChI is InChI=1S/C18H22O11/c1-6(20)25-4-7-2-9-12-8(16(24)27-9)5-26-17(11(7)12)29-18-15(23)14(22)13(21)10(3-19)28-18/h2,5,9-15,17-19,21-23H,3-4H2,1H3/t9-,10+,11+,12-,13+,14-,15+,17-,18-/m0/s1. The van der Waals surface area contributed by atoms with Gasteiger partial charge >= 0.3 is 11.9 Å². The van der Waals surface area contributed by atoms with E-state index in [0.29, 0.717) is 11.1 Å². The van der Waals surface area contributed by atoms with Crippen molar-refractivity contribution >= 4 is 11.9 Å². The van der Waals surface area contributed by atoms with Gasteiger partial charge in [-0.3, -0.25) is 4.79 Å². The predicted octanol–water partition coefficient (Wildman–Crippen LogP) is -2.30. The first-order valence-corrected chi connectivity index (χ1v) is 9.18. The van der Waals surface area contributed by atoms with E-state index >= 15 is 0 Å². The van der Waals surface area contributed by atoms with E-state index in [1.807, 2.05) is 0 Å². The van der Waals surface area contributed by atoms with Crippen LogP contribution in [0, 0.1) is 11.8 Å². The molecule has 4 aliphatic rings. The summed E-state index contributed by atoms with van der Waals surface area (Å²) in [5.74, 6) is -1.99. The number of carbonyl (C=O) groups is 2. The molecule has 0 aromatic heterocycles. The van der Waals surface area contributed by atoms with E-state index in [1.165, 1.54) is 13.2 Å². The Morgan fingerprint density at radius 1 is 1.14 bits per heavy atom. The summed E-state index contributed by atoms with van der Waals surface area (Å²) >= 11 is 0. The van der Waals surface area contributed by atoms with Gasteiger partial charge in [0.2, 0.25) is 6.29 Å². The number of aliphatic hydroxyl groups excluding tert-OH is 4. The third-order valence-electron chi connectivity index (χ3n) is 5.57. The molecular weight excluding hydrogens is 392 g/mol. The van der Waals surface area contributed by atoms with Crippen LogP contribution in [-0.4, -0.2) is 88.7 Å². The molecule has 0 radical (unpaired) electrons. The smallest absolute Gasteiger partial charge is 0.338 e. The molecule has 11 heteroatoms. The van der Waals surface area contributed by atoms with E-state index in [-0.39, 0.29) is 6.61 Å². The molecule has 0 aromatic carbocycles. The molecule has 1 aliphatic carbocycles. The Labute approximate surface area is 165 Å².